The minimum Gasteiger partial charge on any atom is -0.278 e. The number of benzene rings is 2. The van der Waals surface area contributed by atoms with Crippen molar-refractivity contribution in [3.8, 4) is 11.3 Å². The topological polar surface area (TPSA) is 28.7 Å². The molecule has 0 saturated heterocycles. The van der Waals surface area contributed by atoms with Gasteiger partial charge in [0, 0.05) is 5.56 Å². The molecule has 0 fully saturated rings. The maximum atomic E-state index is 14.8. The summed E-state index contributed by atoms with van der Waals surface area (Å²) in [6.07, 6.45) is -0.189. The number of H-pyrrole nitrogens is 1. The Morgan fingerprint density at radius 3 is 2.00 bits per heavy atom. The molecule has 0 spiro atoms. The van der Waals surface area contributed by atoms with E-state index in [2.05, 4.69) is 23.4 Å². The molecule has 0 amide bonds. The molecule has 0 aliphatic carbocycles. The third kappa shape index (κ3) is 5.19. The van der Waals surface area contributed by atoms with E-state index in [0.717, 1.165) is 24.3 Å². The summed E-state index contributed by atoms with van der Waals surface area (Å²) in [6.45, 7) is 16.2. The van der Waals surface area contributed by atoms with Gasteiger partial charge in [-0.3, -0.25) is 5.10 Å². The van der Waals surface area contributed by atoms with Crippen LogP contribution >= 0.6 is 0 Å². The fourth-order valence-corrected chi connectivity index (χ4v) is 3.73. The van der Waals surface area contributed by atoms with E-state index in [1.165, 1.54) is 19.2 Å². The molecule has 34 heavy (non-hydrogen) atoms. The van der Waals surface area contributed by atoms with Gasteiger partial charge in [0.25, 0.3) is 0 Å². The van der Waals surface area contributed by atoms with E-state index in [0.29, 0.717) is 22.4 Å². The third-order valence-electron chi connectivity index (χ3n) is 5.25. The van der Waals surface area contributed by atoms with Gasteiger partial charge in [-0.2, -0.15) is 18.3 Å². The molecule has 1 N–H and O–H groups in total. The van der Waals surface area contributed by atoms with Crippen LogP contribution in [0, 0.1) is 25.5 Å². The smallest absolute Gasteiger partial charge is 0.278 e. The Hall–Kier alpha value is -3.48. The maximum absolute atomic E-state index is 14.8. The normalized spacial score (nSPS) is 11.6. The van der Waals surface area contributed by atoms with Crippen LogP contribution in [0.3, 0.4) is 0 Å². The van der Waals surface area contributed by atoms with Gasteiger partial charge in [-0.25, -0.2) is 8.78 Å². The quantitative estimate of drug-likeness (QED) is 0.291. The van der Waals surface area contributed by atoms with Gasteiger partial charge >= 0.3 is 6.18 Å². The van der Waals surface area contributed by atoms with Gasteiger partial charge in [0.1, 0.15) is 11.6 Å². The fraction of sp³-hybridized carbons (Fsp3) is 0.222. The van der Waals surface area contributed by atoms with E-state index in [1.807, 2.05) is 13.8 Å². The lowest BCUT2D eigenvalue weighted by Gasteiger charge is -2.21. The molecule has 7 heteroatoms. The predicted molar refractivity (Wildman–Crippen MR) is 129 cm³/mol. The Morgan fingerprint density at radius 1 is 0.971 bits per heavy atom. The lowest BCUT2D eigenvalue weighted by atomic mass is 9.84. The first-order chi connectivity index (χ1) is 16.0. The molecule has 0 saturated carbocycles. The number of aryl methyl sites for hydroxylation is 2. The number of aromatic nitrogens is 2. The molecule has 0 aliphatic heterocycles. The molecule has 3 rings (SSSR count). The molecular weight excluding hydrogens is 447 g/mol. The summed E-state index contributed by atoms with van der Waals surface area (Å²) in [6, 6.07) is 4.27. The van der Waals surface area contributed by atoms with Crippen LogP contribution in [0.25, 0.3) is 28.5 Å². The summed E-state index contributed by atoms with van der Waals surface area (Å²) in [5, 5.41) is 6.65. The molecule has 0 unspecified atom stereocenters. The molecule has 2 nitrogen and oxygen atoms in total. The van der Waals surface area contributed by atoms with Gasteiger partial charge in [-0.05, 0) is 78.4 Å². The Labute approximate surface area is 196 Å². The van der Waals surface area contributed by atoms with Crippen molar-refractivity contribution in [3.63, 3.8) is 0 Å². The third-order valence-corrected chi connectivity index (χ3v) is 5.25. The van der Waals surface area contributed by atoms with Crippen molar-refractivity contribution < 1.29 is 22.0 Å². The first kappa shape index (κ1) is 26.8. The van der Waals surface area contributed by atoms with Crippen molar-refractivity contribution in [3.05, 3.63) is 94.7 Å². The van der Waals surface area contributed by atoms with E-state index in [1.54, 1.807) is 19.9 Å². The van der Waals surface area contributed by atoms with Crippen molar-refractivity contribution in [1.82, 2.24) is 10.2 Å². The Morgan fingerprint density at radius 2 is 1.56 bits per heavy atom. The highest BCUT2D eigenvalue weighted by Crippen LogP contribution is 2.43. The molecule has 180 valence electrons. The second-order valence-electron chi connectivity index (χ2n) is 7.39. The first-order valence-electron chi connectivity index (χ1n) is 10.7. The average molecular weight is 475 g/mol. The monoisotopic (exact) mass is 474 g/mol. The minimum absolute atomic E-state index is 0.0133. The molecule has 2 aromatic carbocycles. The summed E-state index contributed by atoms with van der Waals surface area (Å²) in [4.78, 5) is 0. The summed E-state index contributed by atoms with van der Waals surface area (Å²) >= 11 is 0. The molecular formula is C27H27F5N2. The second-order valence-corrected chi connectivity index (χ2v) is 7.39. The van der Waals surface area contributed by atoms with Crippen molar-refractivity contribution in [1.29, 1.82) is 0 Å². The Bertz CT molecular complexity index is 1220. The van der Waals surface area contributed by atoms with E-state index in [9.17, 15) is 22.0 Å². The van der Waals surface area contributed by atoms with Crippen LogP contribution in [0.5, 0.6) is 0 Å². The van der Waals surface area contributed by atoms with Crippen LogP contribution in [0.4, 0.5) is 22.0 Å². The van der Waals surface area contributed by atoms with Crippen molar-refractivity contribution in [2.24, 2.45) is 0 Å². The van der Waals surface area contributed by atoms with Crippen LogP contribution in [-0.4, -0.2) is 10.2 Å². The number of allylic oxidation sites excluding steroid dienone is 3. The van der Waals surface area contributed by atoms with Crippen LogP contribution in [0.1, 0.15) is 54.2 Å². The number of alkyl halides is 3. The van der Waals surface area contributed by atoms with Crippen LogP contribution in [-0.2, 0) is 6.18 Å². The van der Waals surface area contributed by atoms with Crippen LogP contribution < -0.4 is 0 Å². The molecule has 0 bridgehead atoms. The number of nitrogens with zero attached hydrogens (tertiary/aromatic N) is 1. The van der Waals surface area contributed by atoms with E-state index in [4.69, 9.17) is 0 Å². The summed E-state index contributed by atoms with van der Waals surface area (Å²) in [5.74, 6) is -1.68. The zero-order valence-electron chi connectivity index (χ0n) is 19.8. The van der Waals surface area contributed by atoms with Crippen molar-refractivity contribution >= 4 is 17.2 Å². The molecule has 0 radical (unpaired) electrons. The number of halogens is 5. The number of hydrogen-bond donors (Lipinski definition) is 1. The highest BCUT2D eigenvalue weighted by Gasteiger charge is 2.33. The van der Waals surface area contributed by atoms with Gasteiger partial charge in [0.05, 0.1) is 23.0 Å². The Balaban J connectivity index is 0.00000199. The molecule has 1 heterocycles. The van der Waals surface area contributed by atoms with Crippen LogP contribution in [0.2, 0.25) is 0 Å². The van der Waals surface area contributed by atoms with Gasteiger partial charge in [-0.1, -0.05) is 39.2 Å². The fourth-order valence-electron chi connectivity index (χ4n) is 3.73. The van der Waals surface area contributed by atoms with Gasteiger partial charge in [0.2, 0.25) is 0 Å². The second kappa shape index (κ2) is 10.6. The number of aromatic amines is 1. The highest BCUT2D eigenvalue weighted by molar-refractivity contribution is 6.07. The predicted octanol–water partition coefficient (Wildman–Crippen LogP) is 8.78. The van der Waals surface area contributed by atoms with Crippen molar-refractivity contribution in [2.45, 2.75) is 40.8 Å². The Kier molecular flexibility index (Phi) is 8.37. The number of hydrogen-bond acceptors (Lipinski definition) is 1. The van der Waals surface area contributed by atoms with Gasteiger partial charge in [0.15, 0.2) is 0 Å². The SMILES string of the molecule is C=Cc1cc(F)c(C(=C)/C(=C/C)c2c(C)cc(C(F)(F)F)cc2-c2[nH]ncc2C)c(F)c1.CC. The average Bonchev–Trinajstić information content (AvgIpc) is 3.20. The van der Waals surface area contributed by atoms with E-state index < -0.39 is 23.4 Å². The summed E-state index contributed by atoms with van der Waals surface area (Å²) in [7, 11) is 0. The van der Waals surface area contributed by atoms with Crippen LogP contribution in [0.15, 0.2) is 49.7 Å². The lowest BCUT2D eigenvalue weighted by molar-refractivity contribution is -0.137. The first-order valence-corrected chi connectivity index (χ1v) is 10.7. The van der Waals surface area contributed by atoms with Gasteiger partial charge in [-0.15, -0.1) is 0 Å². The highest BCUT2D eigenvalue weighted by atomic mass is 19.4. The largest absolute Gasteiger partial charge is 0.416 e. The van der Waals surface area contributed by atoms with Gasteiger partial charge < -0.3 is 0 Å². The molecule has 3 aromatic rings. The maximum Gasteiger partial charge on any atom is 0.416 e. The standard InChI is InChI=1S/C25H21F5N2.C2H6/c1-6-16-9-20(26)23(21(27)10-16)15(5)18(7-2)22-13(3)8-17(25(28,29)30)11-19(22)24-14(4)12-31-32-24;1-2/h6-12H,1,5H2,2-4H3,(H,31,32);1-2H3/b18-7-;. The summed E-state index contributed by atoms with van der Waals surface area (Å²) in [5.41, 5.74) is 1.27. The van der Waals surface area contributed by atoms with E-state index >= 15 is 0 Å². The summed E-state index contributed by atoms with van der Waals surface area (Å²) < 4.78 is 70.2. The zero-order chi connectivity index (χ0) is 25.8. The number of rotatable bonds is 5. The molecule has 0 aliphatic rings. The minimum atomic E-state index is -4.57. The molecule has 1 aromatic heterocycles. The van der Waals surface area contributed by atoms with Crippen molar-refractivity contribution in [2.75, 3.05) is 0 Å². The zero-order valence-corrected chi connectivity index (χ0v) is 19.8. The van der Waals surface area contributed by atoms with E-state index in [-0.39, 0.29) is 27.8 Å². The lowest BCUT2D eigenvalue weighted by Crippen LogP contribution is -2.08. The molecule has 0 atom stereocenters. The number of nitrogens with one attached hydrogen (secondary N) is 1.